The van der Waals surface area contributed by atoms with Crippen molar-refractivity contribution < 1.29 is 0 Å². The maximum absolute atomic E-state index is 4.70. The van der Waals surface area contributed by atoms with Crippen molar-refractivity contribution in [2.45, 2.75) is 46.6 Å². The number of fused-ring (bicyclic) bond motifs is 1. The van der Waals surface area contributed by atoms with Gasteiger partial charge in [0.15, 0.2) is 5.96 Å². The lowest BCUT2D eigenvalue weighted by Crippen LogP contribution is -2.38. The van der Waals surface area contributed by atoms with Gasteiger partial charge in [-0.2, -0.15) is 5.10 Å². The fourth-order valence-corrected chi connectivity index (χ4v) is 4.14. The molecule has 2 heterocycles. The lowest BCUT2D eigenvalue weighted by molar-refractivity contribution is 0.567. The van der Waals surface area contributed by atoms with Crippen LogP contribution in [0.1, 0.15) is 36.2 Å². The molecule has 0 aliphatic rings. The zero-order valence-corrected chi connectivity index (χ0v) is 17.9. The van der Waals surface area contributed by atoms with Crippen molar-refractivity contribution in [3.8, 4) is 0 Å². The van der Waals surface area contributed by atoms with Gasteiger partial charge in [0.2, 0.25) is 0 Å². The normalized spacial score (nSPS) is 11.9. The van der Waals surface area contributed by atoms with Crippen molar-refractivity contribution >= 4 is 27.5 Å². The number of nitrogens with zero attached hydrogens (tertiary/aromatic N) is 4. The molecule has 2 N–H and O–H groups in total. The van der Waals surface area contributed by atoms with Gasteiger partial charge in [0.25, 0.3) is 0 Å². The van der Waals surface area contributed by atoms with Gasteiger partial charge in [-0.05, 0) is 51.8 Å². The second-order valence-electron chi connectivity index (χ2n) is 6.87. The van der Waals surface area contributed by atoms with Crippen LogP contribution in [0.25, 0.3) is 10.2 Å². The predicted octanol–water partition coefficient (Wildman–Crippen LogP) is 3.69. The SMILES string of the molecule is CCNC(=NCCCn1nc(C)cc1C)NCCCc1nc2ccccc2s1. The highest BCUT2D eigenvalue weighted by Crippen LogP contribution is 2.22. The summed E-state index contributed by atoms with van der Waals surface area (Å²) in [5.74, 6) is 0.889. The summed E-state index contributed by atoms with van der Waals surface area (Å²) in [5.41, 5.74) is 3.39. The lowest BCUT2D eigenvalue weighted by atomic mass is 10.3. The first-order valence-electron chi connectivity index (χ1n) is 10.0. The van der Waals surface area contributed by atoms with Gasteiger partial charge in [0, 0.05) is 38.3 Å². The van der Waals surface area contributed by atoms with Gasteiger partial charge in [-0.15, -0.1) is 11.3 Å². The van der Waals surface area contributed by atoms with Crippen LogP contribution in [-0.2, 0) is 13.0 Å². The Labute approximate surface area is 171 Å². The number of guanidine groups is 1. The van der Waals surface area contributed by atoms with E-state index in [0.717, 1.165) is 62.6 Å². The summed E-state index contributed by atoms with van der Waals surface area (Å²) in [5, 5.41) is 12.5. The summed E-state index contributed by atoms with van der Waals surface area (Å²) >= 11 is 1.79. The Morgan fingerprint density at radius 3 is 2.79 bits per heavy atom. The molecule has 3 rings (SSSR count). The van der Waals surface area contributed by atoms with Crippen LogP contribution in [0.3, 0.4) is 0 Å². The van der Waals surface area contributed by atoms with Crippen LogP contribution >= 0.6 is 11.3 Å². The van der Waals surface area contributed by atoms with Gasteiger partial charge in [0.05, 0.1) is 20.9 Å². The predicted molar refractivity (Wildman–Crippen MR) is 118 cm³/mol. The molecule has 0 aliphatic heterocycles. The molecule has 0 atom stereocenters. The number of rotatable bonds is 9. The van der Waals surface area contributed by atoms with Gasteiger partial charge in [-0.3, -0.25) is 9.67 Å². The van der Waals surface area contributed by atoms with Crippen LogP contribution in [0.5, 0.6) is 0 Å². The van der Waals surface area contributed by atoms with E-state index in [1.807, 2.05) is 13.0 Å². The van der Waals surface area contributed by atoms with Crippen LogP contribution in [0, 0.1) is 13.8 Å². The fourth-order valence-electron chi connectivity index (χ4n) is 3.13. The Balaban J connectivity index is 1.40. The van der Waals surface area contributed by atoms with Crippen molar-refractivity contribution in [3.05, 3.63) is 46.7 Å². The molecule has 3 aromatic rings. The van der Waals surface area contributed by atoms with Gasteiger partial charge < -0.3 is 10.6 Å². The standard InChI is InChI=1S/C21H30N6S/c1-4-22-21(24-13-8-14-27-17(3)15-16(2)26-27)23-12-7-11-20-25-18-9-5-6-10-19(18)28-20/h5-6,9-10,15H,4,7-8,11-14H2,1-3H3,(H2,22,23,24). The van der Waals surface area contributed by atoms with Crippen LogP contribution < -0.4 is 10.6 Å². The molecular formula is C21H30N6S. The highest BCUT2D eigenvalue weighted by atomic mass is 32.1. The van der Waals surface area contributed by atoms with E-state index in [9.17, 15) is 0 Å². The number of aliphatic imine (C=N–C) groups is 1. The Kier molecular flexibility index (Phi) is 7.42. The molecule has 0 saturated carbocycles. The second-order valence-corrected chi connectivity index (χ2v) is 7.99. The summed E-state index contributed by atoms with van der Waals surface area (Å²) in [6.07, 6.45) is 3.00. The number of nitrogens with one attached hydrogen (secondary N) is 2. The van der Waals surface area contributed by atoms with E-state index in [-0.39, 0.29) is 0 Å². The zero-order chi connectivity index (χ0) is 19.8. The van der Waals surface area contributed by atoms with E-state index in [0.29, 0.717) is 0 Å². The molecule has 0 saturated heterocycles. The maximum atomic E-state index is 4.70. The quantitative estimate of drug-likeness (QED) is 0.328. The van der Waals surface area contributed by atoms with Gasteiger partial charge >= 0.3 is 0 Å². The van der Waals surface area contributed by atoms with Crippen LogP contribution in [0.15, 0.2) is 35.3 Å². The Bertz CT molecular complexity index is 878. The molecular weight excluding hydrogens is 368 g/mol. The topological polar surface area (TPSA) is 67.1 Å². The second kappa shape index (κ2) is 10.2. The summed E-state index contributed by atoms with van der Waals surface area (Å²) in [4.78, 5) is 9.39. The summed E-state index contributed by atoms with van der Waals surface area (Å²) in [7, 11) is 0. The third kappa shape index (κ3) is 5.79. The average molecular weight is 399 g/mol. The number of aryl methyl sites for hydroxylation is 4. The monoisotopic (exact) mass is 398 g/mol. The number of thiazole rings is 1. The molecule has 0 spiro atoms. The average Bonchev–Trinajstić information content (AvgIpc) is 3.23. The van der Waals surface area contributed by atoms with E-state index < -0.39 is 0 Å². The summed E-state index contributed by atoms with van der Waals surface area (Å²) in [6, 6.07) is 10.4. The minimum atomic E-state index is 0.783. The number of benzene rings is 1. The first kappa shape index (κ1) is 20.3. The smallest absolute Gasteiger partial charge is 0.191 e. The Hall–Kier alpha value is -2.41. The van der Waals surface area contributed by atoms with Crippen molar-refractivity contribution in [1.82, 2.24) is 25.4 Å². The van der Waals surface area contributed by atoms with E-state index >= 15 is 0 Å². The van der Waals surface area contributed by atoms with Crippen LogP contribution in [0.4, 0.5) is 0 Å². The van der Waals surface area contributed by atoms with E-state index in [4.69, 9.17) is 4.98 Å². The van der Waals surface area contributed by atoms with Gasteiger partial charge in [0.1, 0.15) is 0 Å². The molecule has 0 bridgehead atoms. The zero-order valence-electron chi connectivity index (χ0n) is 17.0. The van der Waals surface area contributed by atoms with Gasteiger partial charge in [-0.1, -0.05) is 12.1 Å². The Morgan fingerprint density at radius 1 is 1.18 bits per heavy atom. The van der Waals surface area contributed by atoms with Gasteiger partial charge in [-0.25, -0.2) is 4.98 Å². The van der Waals surface area contributed by atoms with Crippen molar-refractivity contribution in [1.29, 1.82) is 0 Å². The highest BCUT2D eigenvalue weighted by Gasteiger charge is 2.04. The summed E-state index contributed by atoms with van der Waals surface area (Å²) < 4.78 is 3.33. The van der Waals surface area contributed by atoms with E-state index in [1.54, 1.807) is 11.3 Å². The molecule has 7 heteroatoms. The van der Waals surface area contributed by atoms with Crippen molar-refractivity contribution in [3.63, 3.8) is 0 Å². The molecule has 2 aromatic heterocycles. The molecule has 0 aliphatic carbocycles. The third-order valence-corrected chi connectivity index (χ3v) is 5.54. The van der Waals surface area contributed by atoms with Crippen LogP contribution in [-0.4, -0.2) is 40.4 Å². The molecule has 6 nitrogen and oxygen atoms in total. The third-order valence-electron chi connectivity index (χ3n) is 4.44. The number of aromatic nitrogens is 3. The minimum absolute atomic E-state index is 0.783. The van der Waals surface area contributed by atoms with Crippen molar-refractivity contribution in [2.75, 3.05) is 19.6 Å². The minimum Gasteiger partial charge on any atom is -0.357 e. The first-order valence-corrected chi connectivity index (χ1v) is 10.8. The Morgan fingerprint density at radius 2 is 2.04 bits per heavy atom. The van der Waals surface area contributed by atoms with E-state index in [2.05, 4.69) is 63.5 Å². The fraction of sp³-hybridized carbons (Fsp3) is 0.476. The molecule has 0 amide bonds. The molecule has 0 fully saturated rings. The molecule has 150 valence electrons. The largest absolute Gasteiger partial charge is 0.357 e. The molecule has 0 unspecified atom stereocenters. The molecule has 28 heavy (non-hydrogen) atoms. The number of hydrogen-bond acceptors (Lipinski definition) is 4. The van der Waals surface area contributed by atoms with Crippen molar-refractivity contribution in [2.24, 2.45) is 4.99 Å². The summed E-state index contributed by atoms with van der Waals surface area (Å²) in [6.45, 7) is 9.66. The van der Waals surface area contributed by atoms with Crippen LogP contribution in [0.2, 0.25) is 0 Å². The maximum Gasteiger partial charge on any atom is 0.191 e. The molecule has 1 aromatic carbocycles. The lowest BCUT2D eigenvalue weighted by Gasteiger charge is -2.11. The van der Waals surface area contributed by atoms with E-state index in [1.165, 1.54) is 15.4 Å². The highest BCUT2D eigenvalue weighted by molar-refractivity contribution is 7.18. The number of para-hydroxylation sites is 1. The number of hydrogen-bond donors (Lipinski definition) is 2. The first-order chi connectivity index (χ1) is 13.7. The molecule has 0 radical (unpaired) electrons.